The van der Waals surface area contributed by atoms with Gasteiger partial charge in [0.1, 0.15) is 0 Å². The molecule has 2 aromatic heterocycles. The summed E-state index contributed by atoms with van der Waals surface area (Å²) in [5.41, 5.74) is -0.202. The van der Waals surface area contributed by atoms with Gasteiger partial charge in [0, 0.05) is 24.5 Å². The molecule has 0 radical (unpaired) electrons. The molecule has 1 aliphatic rings. The maximum absolute atomic E-state index is 13.4. The summed E-state index contributed by atoms with van der Waals surface area (Å²) in [5.74, 6) is 0.457. The lowest BCUT2D eigenvalue weighted by Crippen LogP contribution is -2.41. The quantitative estimate of drug-likeness (QED) is 0.705. The molecular formula is C22H27F2N3O3. The van der Waals surface area contributed by atoms with Crippen LogP contribution in [0.15, 0.2) is 35.4 Å². The zero-order chi connectivity index (χ0) is 21.7. The minimum absolute atomic E-state index is 0.00528. The minimum Gasteiger partial charge on any atom is -0.481 e. The van der Waals surface area contributed by atoms with Crippen LogP contribution in [0.25, 0.3) is 0 Å². The number of hydrogen-bond donors (Lipinski definition) is 2. The summed E-state index contributed by atoms with van der Waals surface area (Å²) in [7, 11) is 1.52. The molecule has 0 bridgehead atoms. The van der Waals surface area contributed by atoms with E-state index in [1.807, 2.05) is 6.92 Å². The van der Waals surface area contributed by atoms with E-state index in [4.69, 9.17) is 4.74 Å². The van der Waals surface area contributed by atoms with Crippen LogP contribution < -0.4 is 15.6 Å². The third-order valence-electron chi connectivity index (χ3n) is 6.00. The van der Waals surface area contributed by atoms with Crippen molar-refractivity contribution in [3.63, 3.8) is 0 Å². The number of aromatic amines is 1. The Bertz CT molecular complexity index is 907. The van der Waals surface area contributed by atoms with E-state index in [0.29, 0.717) is 29.8 Å². The number of ether oxygens (including phenoxy) is 1. The van der Waals surface area contributed by atoms with Crippen LogP contribution in [0.3, 0.4) is 0 Å². The van der Waals surface area contributed by atoms with Crippen molar-refractivity contribution in [1.82, 2.24) is 15.3 Å². The van der Waals surface area contributed by atoms with E-state index >= 15 is 0 Å². The third kappa shape index (κ3) is 4.86. The Balaban J connectivity index is 1.64. The molecule has 0 spiro atoms. The van der Waals surface area contributed by atoms with Crippen molar-refractivity contribution < 1.29 is 18.3 Å². The van der Waals surface area contributed by atoms with Crippen LogP contribution in [0, 0.1) is 5.92 Å². The van der Waals surface area contributed by atoms with E-state index in [1.54, 1.807) is 18.2 Å². The first kappa shape index (κ1) is 21.9. The molecule has 2 N–H and O–H groups in total. The zero-order valence-electron chi connectivity index (χ0n) is 17.2. The maximum atomic E-state index is 13.4. The van der Waals surface area contributed by atoms with Gasteiger partial charge >= 0.3 is 0 Å². The summed E-state index contributed by atoms with van der Waals surface area (Å²) >= 11 is 0. The molecule has 1 unspecified atom stereocenters. The van der Waals surface area contributed by atoms with E-state index in [2.05, 4.69) is 15.3 Å². The lowest BCUT2D eigenvalue weighted by atomic mass is 9.74. The van der Waals surface area contributed by atoms with Gasteiger partial charge in [0.05, 0.1) is 18.2 Å². The van der Waals surface area contributed by atoms with Crippen molar-refractivity contribution in [1.29, 1.82) is 0 Å². The van der Waals surface area contributed by atoms with Crippen molar-refractivity contribution in [3.8, 4) is 5.88 Å². The highest BCUT2D eigenvalue weighted by atomic mass is 19.3. The van der Waals surface area contributed by atoms with Gasteiger partial charge in [-0.1, -0.05) is 6.92 Å². The Morgan fingerprint density at radius 2 is 2.00 bits per heavy atom. The van der Waals surface area contributed by atoms with Gasteiger partial charge in [-0.2, -0.15) is 0 Å². The van der Waals surface area contributed by atoms with Gasteiger partial charge in [-0.3, -0.25) is 9.59 Å². The highest BCUT2D eigenvalue weighted by molar-refractivity contribution is 5.94. The van der Waals surface area contributed by atoms with Crippen LogP contribution in [0.2, 0.25) is 0 Å². The van der Waals surface area contributed by atoms with Gasteiger partial charge in [-0.05, 0) is 61.6 Å². The van der Waals surface area contributed by atoms with Crippen LogP contribution in [-0.4, -0.2) is 29.0 Å². The van der Waals surface area contributed by atoms with Crippen LogP contribution in [-0.2, 0) is 0 Å². The Labute approximate surface area is 174 Å². The maximum Gasteiger partial charge on any atom is 0.269 e. The number of pyridine rings is 2. The number of nitrogens with one attached hydrogen (secondary N) is 2. The number of H-pyrrole nitrogens is 1. The highest BCUT2D eigenvalue weighted by Crippen LogP contribution is 2.39. The first-order valence-corrected chi connectivity index (χ1v) is 10.2. The Morgan fingerprint density at radius 3 is 2.57 bits per heavy atom. The summed E-state index contributed by atoms with van der Waals surface area (Å²) in [4.78, 5) is 30.8. The predicted octanol–water partition coefficient (Wildman–Crippen LogP) is 4.20. The molecule has 1 saturated carbocycles. The summed E-state index contributed by atoms with van der Waals surface area (Å²) in [6.07, 6.45) is 3.94. The van der Waals surface area contributed by atoms with E-state index < -0.39 is 17.5 Å². The lowest BCUT2D eigenvalue weighted by Gasteiger charge is -2.34. The van der Waals surface area contributed by atoms with Crippen molar-refractivity contribution >= 4 is 5.91 Å². The van der Waals surface area contributed by atoms with Crippen molar-refractivity contribution in [3.05, 3.63) is 57.6 Å². The fraction of sp³-hybridized carbons (Fsp3) is 0.500. The number of hydrogen-bond acceptors (Lipinski definition) is 4. The monoisotopic (exact) mass is 419 g/mol. The van der Waals surface area contributed by atoms with Crippen LogP contribution in [0.5, 0.6) is 5.88 Å². The molecule has 0 aromatic carbocycles. The lowest BCUT2D eigenvalue weighted by molar-refractivity contribution is 0.0908. The van der Waals surface area contributed by atoms with E-state index in [9.17, 15) is 18.4 Å². The number of carbonyl (C=O) groups excluding carboxylic acids is 1. The molecule has 8 heteroatoms. The van der Waals surface area contributed by atoms with Crippen LogP contribution in [0.4, 0.5) is 8.78 Å². The molecule has 1 atom stereocenters. The summed E-state index contributed by atoms with van der Waals surface area (Å²) < 4.78 is 31.8. The second-order valence-electron chi connectivity index (χ2n) is 7.67. The largest absolute Gasteiger partial charge is 0.481 e. The molecule has 2 aromatic rings. The highest BCUT2D eigenvalue weighted by Gasteiger charge is 2.31. The van der Waals surface area contributed by atoms with E-state index in [0.717, 1.165) is 19.3 Å². The van der Waals surface area contributed by atoms with Crippen LogP contribution in [0.1, 0.15) is 72.9 Å². The normalized spacial score (nSPS) is 20.0. The van der Waals surface area contributed by atoms with Gasteiger partial charge < -0.3 is 15.0 Å². The van der Waals surface area contributed by atoms with Crippen LogP contribution >= 0.6 is 0 Å². The van der Waals surface area contributed by atoms with E-state index in [1.165, 1.54) is 19.5 Å². The average Bonchev–Trinajstić information content (AvgIpc) is 2.77. The van der Waals surface area contributed by atoms with Gasteiger partial charge in [0.15, 0.2) is 0 Å². The first-order valence-electron chi connectivity index (χ1n) is 10.2. The van der Waals surface area contributed by atoms with Gasteiger partial charge in [0.2, 0.25) is 5.88 Å². The number of aromatic nitrogens is 2. The number of rotatable bonds is 7. The topological polar surface area (TPSA) is 84.1 Å². The molecule has 0 saturated heterocycles. The van der Waals surface area contributed by atoms with E-state index in [-0.39, 0.29) is 23.8 Å². The number of carbonyl (C=O) groups is 1. The molecule has 2 heterocycles. The fourth-order valence-electron chi connectivity index (χ4n) is 4.36. The first-order chi connectivity index (χ1) is 14.4. The molecule has 1 amide bonds. The predicted molar refractivity (Wildman–Crippen MR) is 109 cm³/mol. The third-order valence-corrected chi connectivity index (χ3v) is 6.00. The SMILES string of the molecule is CCC(NC(=O)c1ccc(OC)nc1)C1CCC(c2cc[nH]c(=O)c2C(F)F)CC1. The second-order valence-corrected chi connectivity index (χ2v) is 7.67. The van der Waals surface area contributed by atoms with Gasteiger partial charge in [0.25, 0.3) is 17.9 Å². The fourth-order valence-corrected chi connectivity index (χ4v) is 4.36. The summed E-state index contributed by atoms with van der Waals surface area (Å²) in [6, 6.07) is 4.91. The standard InChI is InChI=1S/C22H27F2N3O3/c1-3-17(27-21(28)15-8-9-18(30-2)26-12-15)14-6-4-13(5-7-14)16-10-11-25-22(29)19(16)20(23)24/h8-14,17,20H,3-7H2,1-2H3,(H,25,29)(H,27,28). The Hall–Kier alpha value is -2.77. The zero-order valence-corrected chi connectivity index (χ0v) is 17.2. The summed E-state index contributed by atoms with van der Waals surface area (Å²) in [6.45, 7) is 2.02. The second kappa shape index (κ2) is 9.82. The Kier molecular flexibility index (Phi) is 7.18. The number of halogens is 2. The molecule has 6 nitrogen and oxygen atoms in total. The molecule has 30 heavy (non-hydrogen) atoms. The number of amides is 1. The molecule has 1 fully saturated rings. The molecule has 162 valence electrons. The number of methoxy groups -OCH3 is 1. The van der Waals surface area contributed by atoms with Gasteiger partial charge in [-0.25, -0.2) is 13.8 Å². The summed E-state index contributed by atoms with van der Waals surface area (Å²) in [5, 5.41) is 3.09. The average molecular weight is 419 g/mol. The number of alkyl halides is 2. The molecule has 1 aliphatic carbocycles. The molecule has 0 aliphatic heterocycles. The molecular weight excluding hydrogens is 392 g/mol. The van der Waals surface area contributed by atoms with Crippen molar-refractivity contribution in [2.75, 3.05) is 7.11 Å². The number of nitrogens with zero attached hydrogens (tertiary/aromatic N) is 1. The minimum atomic E-state index is -2.79. The molecule has 3 rings (SSSR count). The smallest absolute Gasteiger partial charge is 0.269 e. The van der Waals surface area contributed by atoms with Crippen molar-refractivity contribution in [2.24, 2.45) is 5.92 Å². The van der Waals surface area contributed by atoms with Gasteiger partial charge in [-0.15, -0.1) is 0 Å². The van der Waals surface area contributed by atoms with Crippen molar-refractivity contribution in [2.45, 2.75) is 57.4 Å². The Morgan fingerprint density at radius 1 is 1.27 bits per heavy atom.